The van der Waals surface area contributed by atoms with E-state index in [1.54, 1.807) is 45.3 Å². The molecule has 3 rings (SSSR count). The Morgan fingerprint density at radius 3 is 2.72 bits per heavy atom. The topological polar surface area (TPSA) is 73.2 Å². The van der Waals surface area contributed by atoms with Crippen LogP contribution >= 0.6 is 23.1 Å². The van der Waals surface area contributed by atoms with Crippen LogP contribution in [0.4, 0.5) is 5.69 Å². The number of hydrogen-bond donors (Lipinski definition) is 1. The van der Waals surface area contributed by atoms with Crippen LogP contribution in [0.2, 0.25) is 0 Å². The largest absolute Gasteiger partial charge is 0.497 e. The maximum atomic E-state index is 12.4. The fraction of sp³-hybridized carbons (Fsp3) is 0.235. The molecule has 0 aliphatic rings. The third kappa shape index (κ3) is 3.69. The van der Waals surface area contributed by atoms with E-state index in [1.165, 1.54) is 27.7 Å². The lowest BCUT2D eigenvalue weighted by Gasteiger charge is -2.13. The number of anilines is 1. The summed E-state index contributed by atoms with van der Waals surface area (Å²) < 4.78 is 7.21. The van der Waals surface area contributed by atoms with Crippen molar-refractivity contribution in [1.82, 2.24) is 9.55 Å². The predicted molar refractivity (Wildman–Crippen MR) is 102 cm³/mol. The summed E-state index contributed by atoms with van der Waals surface area (Å²) in [5, 5.41) is 4.81. The highest BCUT2D eigenvalue weighted by molar-refractivity contribution is 8.00. The first-order valence-electron chi connectivity index (χ1n) is 7.55. The number of carbonyl (C=O) groups is 1. The highest BCUT2D eigenvalue weighted by atomic mass is 32.2. The maximum absolute atomic E-state index is 12.4. The monoisotopic (exact) mass is 375 g/mol. The van der Waals surface area contributed by atoms with Gasteiger partial charge in [-0.15, -0.1) is 11.3 Å². The number of nitrogens with one attached hydrogen (secondary N) is 1. The fourth-order valence-electron chi connectivity index (χ4n) is 2.20. The number of thioether (sulfide) groups is 1. The molecule has 0 aliphatic carbocycles. The van der Waals surface area contributed by atoms with Gasteiger partial charge in [0.15, 0.2) is 5.16 Å². The molecule has 1 atom stereocenters. The van der Waals surface area contributed by atoms with Gasteiger partial charge in [0.05, 0.1) is 17.9 Å². The number of thiophene rings is 1. The first kappa shape index (κ1) is 17.5. The van der Waals surface area contributed by atoms with Gasteiger partial charge >= 0.3 is 0 Å². The van der Waals surface area contributed by atoms with Crippen molar-refractivity contribution < 1.29 is 9.53 Å². The lowest BCUT2D eigenvalue weighted by atomic mass is 10.3. The summed E-state index contributed by atoms with van der Waals surface area (Å²) in [7, 11) is 3.26. The van der Waals surface area contributed by atoms with E-state index < -0.39 is 5.25 Å². The van der Waals surface area contributed by atoms with Gasteiger partial charge in [0.1, 0.15) is 10.4 Å². The molecule has 130 valence electrons. The second-order valence-electron chi connectivity index (χ2n) is 5.37. The third-order valence-electron chi connectivity index (χ3n) is 3.66. The van der Waals surface area contributed by atoms with Gasteiger partial charge in [0.2, 0.25) is 5.91 Å². The number of aromatic nitrogens is 2. The van der Waals surface area contributed by atoms with E-state index in [0.717, 1.165) is 5.75 Å². The van der Waals surface area contributed by atoms with Gasteiger partial charge < -0.3 is 10.1 Å². The molecule has 2 aromatic heterocycles. The number of ether oxygens (including phenoxy) is 1. The Balaban J connectivity index is 1.74. The Hall–Kier alpha value is -2.32. The van der Waals surface area contributed by atoms with Crippen LogP contribution < -0.4 is 15.6 Å². The van der Waals surface area contributed by atoms with Crippen LogP contribution in [0.1, 0.15) is 6.92 Å². The summed E-state index contributed by atoms with van der Waals surface area (Å²) in [5.74, 6) is 0.568. The molecular weight excluding hydrogens is 358 g/mol. The minimum Gasteiger partial charge on any atom is -0.497 e. The van der Waals surface area contributed by atoms with Gasteiger partial charge in [-0.3, -0.25) is 14.2 Å². The molecule has 0 spiro atoms. The summed E-state index contributed by atoms with van der Waals surface area (Å²) >= 11 is 2.63. The third-order valence-corrected chi connectivity index (χ3v) is 5.69. The van der Waals surface area contributed by atoms with Crippen molar-refractivity contribution in [2.24, 2.45) is 7.05 Å². The molecule has 0 radical (unpaired) electrons. The van der Waals surface area contributed by atoms with Crippen LogP contribution in [0.15, 0.2) is 45.7 Å². The van der Waals surface area contributed by atoms with Crippen LogP contribution in [0.3, 0.4) is 0 Å². The first-order chi connectivity index (χ1) is 12.0. The molecule has 0 saturated carbocycles. The summed E-state index contributed by atoms with van der Waals surface area (Å²) in [6, 6.07) is 8.93. The van der Waals surface area contributed by atoms with Crippen molar-refractivity contribution in [3.63, 3.8) is 0 Å². The number of rotatable bonds is 5. The summed E-state index contributed by atoms with van der Waals surface area (Å²) in [6.07, 6.45) is 0. The Labute approximate surface area is 152 Å². The maximum Gasteiger partial charge on any atom is 0.271 e. The van der Waals surface area contributed by atoms with E-state index in [4.69, 9.17) is 4.74 Å². The quantitative estimate of drug-likeness (QED) is 0.548. The van der Waals surface area contributed by atoms with Crippen molar-refractivity contribution in [2.45, 2.75) is 17.3 Å². The highest BCUT2D eigenvalue weighted by Crippen LogP contribution is 2.24. The smallest absolute Gasteiger partial charge is 0.271 e. The van der Waals surface area contributed by atoms with E-state index in [9.17, 15) is 9.59 Å². The van der Waals surface area contributed by atoms with Crippen molar-refractivity contribution in [3.8, 4) is 5.75 Å². The molecule has 6 nitrogen and oxygen atoms in total. The Kier molecular flexibility index (Phi) is 5.10. The molecule has 8 heteroatoms. The summed E-state index contributed by atoms with van der Waals surface area (Å²) in [5.41, 5.74) is 1.26. The zero-order valence-corrected chi connectivity index (χ0v) is 15.6. The SMILES string of the molecule is COc1ccc(NC(=O)C(C)Sc2nc3ccsc3c(=O)n2C)cc1. The number of carbonyl (C=O) groups excluding carboxylic acids is 1. The minimum atomic E-state index is -0.406. The van der Waals surface area contributed by atoms with Crippen molar-refractivity contribution in [3.05, 3.63) is 46.1 Å². The fourth-order valence-corrected chi connectivity index (χ4v) is 3.88. The second-order valence-corrected chi connectivity index (χ2v) is 7.60. The van der Waals surface area contributed by atoms with E-state index in [0.29, 0.717) is 21.1 Å². The van der Waals surface area contributed by atoms with Gasteiger partial charge in [0, 0.05) is 12.7 Å². The summed E-state index contributed by atoms with van der Waals surface area (Å²) in [6.45, 7) is 1.79. The number of fused-ring (bicyclic) bond motifs is 1. The average molecular weight is 375 g/mol. The first-order valence-corrected chi connectivity index (χ1v) is 9.31. The normalized spacial score (nSPS) is 12.1. The molecule has 0 aliphatic heterocycles. The van der Waals surface area contributed by atoms with Crippen LogP contribution in [-0.2, 0) is 11.8 Å². The van der Waals surface area contributed by atoms with Crippen molar-refractivity contribution in [2.75, 3.05) is 12.4 Å². The molecule has 1 amide bonds. The second kappa shape index (κ2) is 7.28. The minimum absolute atomic E-state index is 0.0923. The van der Waals surface area contributed by atoms with Crippen LogP contribution in [-0.4, -0.2) is 27.8 Å². The molecule has 1 aromatic carbocycles. The molecule has 1 N–H and O–H groups in total. The number of hydrogen-bond acceptors (Lipinski definition) is 6. The van der Waals surface area contributed by atoms with Crippen LogP contribution in [0.5, 0.6) is 5.75 Å². The Bertz CT molecular complexity index is 963. The van der Waals surface area contributed by atoms with Gasteiger partial charge in [-0.1, -0.05) is 11.8 Å². The molecule has 0 saturated heterocycles. The van der Waals surface area contributed by atoms with Gasteiger partial charge in [0.25, 0.3) is 5.56 Å². The van der Waals surface area contributed by atoms with Gasteiger partial charge in [-0.2, -0.15) is 0 Å². The predicted octanol–water partition coefficient (Wildman–Crippen LogP) is 3.12. The molecule has 1 unspecified atom stereocenters. The lowest BCUT2D eigenvalue weighted by Crippen LogP contribution is -2.25. The molecule has 0 fully saturated rings. The number of nitrogens with zero attached hydrogens (tertiary/aromatic N) is 2. The van der Waals surface area contributed by atoms with Crippen LogP contribution in [0, 0.1) is 0 Å². The number of benzene rings is 1. The van der Waals surface area contributed by atoms with Crippen LogP contribution in [0.25, 0.3) is 10.2 Å². The average Bonchev–Trinajstić information content (AvgIpc) is 3.08. The van der Waals surface area contributed by atoms with Crippen molar-refractivity contribution in [1.29, 1.82) is 0 Å². The van der Waals surface area contributed by atoms with E-state index >= 15 is 0 Å². The van der Waals surface area contributed by atoms with Crippen molar-refractivity contribution >= 4 is 44.9 Å². The Morgan fingerprint density at radius 2 is 2.04 bits per heavy atom. The molecule has 0 bridgehead atoms. The molecule has 3 aromatic rings. The van der Waals surface area contributed by atoms with E-state index in [1.807, 2.05) is 11.4 Å². The molecular formula is C17H17N3O3S2. The zero-order chi connectivity index (χ0) is 18.0. The van der Waals surface area contributed by atoms with Gasteiger partial charge in [-0.25, -0.2) is 4.98 Å². The zero-order valence-electron chi connectivity index (χ0n) is 14.0. The van der Waals surface area contributed by atoms with E-state index in [2.05, 4.69) is 10.3 Å². The number of methoxy groups -OCH3 is 1. The lowest BCUT2D eigenvalue weighted by molar-refractivity contribution is -0.115. The number of amides is 1. The Morgan fingerprint density at radius 1 is 1.32 bits per heavy atom. The molecule has 25 heavy (non-hydrogen) atoms. The molecule has 2 heterocycles. The van der Waals surface area contributed by atoms with E-state index in [-0.39, 0.29) is 11.5 Å². The summed E-state index contributed by atoms with van der Waals surface area (Å²) in [4.78, 5) is 29.2. The van der Waals surface area contributed by atoms with Gasteiger partial charge in [-0.05, 0) is 42.6 Å². The highest BCUT2D eigenvalue weighted by Gasteiger charge is 2.18. The standard InChI is InChI=1S/C17H17N3O3S2/c1-10(15(21)18-11-4-6-12(23-3)7-5-11)25-17-19-13-8-9-24-14(13)16(22)20(17)2/h4-10H,1-3H3,(H,18,21).